The molecule has 0 saturated carbocycles. The number of ketones is 1. The van der Waals surface area contributed by atoms with E-state index in [1.54, 1.807) is 30.3 Å². The lowest BCUT2D eigenvalue weighted by Gasteiger charge is -2.11. The van der Waals surface area contributed by atoms with Crippen LogP contribution in [0, 0.1) is 0 Å². The molecule has 1 unspecified atom stereocenters. The second kappa shape index (κ2) is 4.41. The fourth-order valence-corrected chi connectivity index (χ4v) is 0.942. The molecule has 0 saturated heterocycles. The maximum atomic E-state index is 10.9. The zero-order chi connectivity index (χ0) is 10.6. The molecular formula is C10H10O4. The van der Waals surface area contributed by atoms with Gasteiger partial charge in [0.1, 0.15) is 5.75 Å². The molecule has 1 atom stereocenters. The molecule has 74 valence electrons. The summed E-state index contributed by atoms with van der Waals surface area (Å²) in [4.78, 5) is 21.5. The average molecular weight is 194 g/mol. The highest BCUT2D eigenvalue weighted by molar-refractivity contribution is 6.00. The lowest BCUT2D eigenvalue weighted by molar-refractivity contribution is -0.149. The first kappa shape index (κ1) is 10.2. The van der Waals surface area contributed by atoms with Crippen LogP contribution >= 0.6 is 0 Å². The first-order valence-electron chi connectivity index (χ1n) is 4.06. The minimum atomic E-state index is -1.42. The molecule has 1 aromatic carbocycles. The van der Waals surface area contributed by atoms with Gasteiger partial charge in [-0.3, -0.25) is 4.79 Å². The highest BCUT2D eigenvalue weighted by atomic mass is 16.5. The van der Waals surface area contributed by atoms with Crippen LogP contribution in [-0.2, 0) is 9.59 Å². The summed E-state index contributed by atoms with van der Waals surface area (Å²) in [6.45, 7) is 1.18. The summed E-state index contributed by atoms with van der Waals surface area (Å²) in [7, 11) is 0. The summed E-state index contributed by atoms with van der Waals surface area (Å²) in [6, 6.07) is 8.37. The third-order valence-electron chi connectivity index (χ3n) is 1.59. The average Bonchev–Trinajstić information content (AvgIpc) is 2.15. The molecule has 0 radical (unpaired) electrons. The Morgan fingerprint density at radius 1 is 1.29 bits per heavy atom. The number of carbonyl (C=O) groups excluding carboxylic acids is 1. The van der Waals surface area contributed by atoms with Gasteiger partial charge in [0.25, 0.3) is 6.10 Å². The summed E-state index contributed by atoms with van der Waals surface area (Å²) in [5, 5.41) is 8.66. The number of carboxylic acid groups (broad SMARTS) is 1. The van der Waals surface area contributed by atoms with E-state index < -0.39 is 17.9 Å². The maximum absolute atomic E-state index is 10.9. The molecule has 4 heteroatoms. The van der Waals surface area contributed by atoms with E-state index in [-0.39, 0.29) is 0 Å². The number of carbonyl (C=O) groups is 2. The van der Waals surface area contributed by atoms with Crippen molar-refractivity contribution in [1.82, 2.24) is 0 Å². The first-order chi connectivity index (χ1) is 6.61. The van der Waals surface area contributed by atoms with Gasteiger partial charge in [-0.2, -0.15) is 0 Å². The van der Waals surface area contributed by atoms with Gasteiger partial charge in [-0.15, -0.1) is 0 Å². The number of Topliss-reactive ketones (excluding diaryl/α,β-unsaturated/α-hetero) is 1. The van der Waals surface area contributed by atoms with E-state index in [1.165, 1.54) is 6.92 Å². The Balaban J connectivity index is 2.75. The van der Waals surface area contributed by atoms with Crippen molar-refractivity contribution >= 4 is 11.8 Å². The molecule has 0 heterocycles. The van der Waals surface area contributed by atoms with Crippen LogP contribution in [0.25, 0.3) is 0 Å². The quantitative estimate of drug-likeness (QED) is 0.729. The molecule has 14 heavy (non-hydrogen) atoms. The predicted molar refractivity (Wildman–Crippen MR) is 49.2 cm³/mol. The molecule has 0 aliphatic heterocycles. The highest BCUT2D eigenvalue weighted by Crippen LogP contribution is 2.11. The maximum Gasteiger partial charge on any atom is 0.352 e. The topological polar surface area (TPSA) is 63.6 Å². The lowest BCUT2D eigenvalue weighted by Crippen LogP contribution is -2.33. The highest BCUT2D eigenvalue weighted by Gasteiger charge is 2.24. The Labute approximate surface area is 81.1 Å². The lowest BCUT2D eigenvalue weighted by atomic mass is 10.2. The molecule has 0 fully saturated rings. The number of benzene rings is 1. The van der Waals surface area contributed by atoms with E-state index in [0.717, 1.165) is 0 Å². The zero-order valence-corrected chi connectivity index (χ0v) is 7.64. The molecular weight excluding hydrogens is 184 g/mol. The number of ether oxygens (including phenoxy) is 1. The van der Waals surface area contributed by atoms with Crippen LogP contribution in [0.5, 0.6) is 5.75 Å². The molecule has 0 aromatic heterocycles. The largest absolute Gasteiger partial charge is 0.478 e. The molecule has 0 amide bonds. The van der Waals surface area contributed by atoms with Crippen LogP contribution in [0.4, 0.5) is 0 Å². The van der Waals surface area contributed by atoms with E-state index in [0.29, 0.717) is 5.75 Å². The van der Waals surface area contributed by atoms with Gasteiger partial charge in [0, 0.05) is 0 Å². The van der Waals surface area contributed by atoms with Crippen molar-refractivity contribution in [2.24, 2.45) is 0 Å². The molecule has 0 aliphatic rings. The summed E-state index contributed by atoms with van der Waals surface area (Å²) in [5.41, 5.74) is 0. The third kappa shape index (κ3) is 2.58. The minimum Gasteiger partial charge on any atom is -0.478 e. The molecule has 4 nitrogen and oxygen atoms in total. The smallest absolute Gasteiger partial charge is 0.352 e. The molecule has 1 N–H and O–H groups in total. The van der Waals surface area contributed by atoms with Crippen LogP contribution in [0.3, 0.4) is 0 Å². The van der Waals surface area contributed by atoms with E-state index in [1.807, 2.05) is 0 Å². The monoisotopic (exact) mass is 194 g/mol. The number of hydrogen-bond donors (Lipinski definition) is 1. The van der Waals surface area contributed by atoms with Gasteiger partial charge >= 0.3 is 5.97 Å². The molecule has 0 spiro atoms. The SMILES string of the molecule is CC(=O)C(Oc1ccccc1)C(=O)O. The summed E-state index contributed by atoms with van der Waals surface area (Å²) < 4.78 is 4.99. The zero-order valence-electron chi connectivity index (χ0n) is 7.64. The fraction of sp³-hybridized carbons (Fsp3) is 0.200. The van der Waals surface area contributed by atoms with Gasteiger partial charge in [0.15, 0.2) is 5.78 Å². The van der Waals surface area contributed by atoms with E-state index in [9.17, 15) is 9.59 Å². The van der Waals surface area contributed by atoms with Crippen LogP contribution in [0.15, 0.2) is 30.3 Å². The van der Waals surface area contributed by atoms with Crippen molar-refractivity contribution in [2.75, 3.05) is 0 Å². The van der Waals surface area contributed by atoms with Crippen molar-refractivity contribution in [3.8, 4) is 5.75 Å². The number of carboxylic acids is 1. The predicted octanol–water partition coefficient (Wildman–Crippen LogP) is 1.11. The van der Waals surface area contributed by atoms with Crippen molar-refractivity contribution in [2.45, 2.75) is 13.0 Å². The molecule has 1 rings (SSSR count). The summed E-state index contributed by atoms with van der Waals surface area (Å²) >= 11 is 0. The number of para-hydroxylation sites is 1. The van der Waals surface area contributed by atoms with Crippen LogP contribution in [0.2, 0.25) is 0 Å². The molecule has 1 aromatic rings. The van der Waals surface area contributed by atoms with E-state index in [4.69, 9.17) is 9.84 Å². The Kier molecular flexibility index (Phi) is 3.23. The summed E-state index contributed by atoms with van der Waals surface area (Å²) in [5.74, 6) is -1.43. The van der Waals surface area contributed by atoms with Gasteiger partial charge in [0.05, 0.1) is 0 Å². The van der Waals surface area contributed by atoms with E-state index in [2.05, 4.69) is 0 Å². The Morgan fingerprint density at radius 2 is 1.86 bits per heavy atom. The normalized spacial score (nSPS) is 11.8. The van der Waals surface area contributed by atoms with E-state index >= 15 is 0 Å². The van der Waals surface area contributed by atoms with Gasteiger partial charge in [-0.25, -0.2) is 4.79 Å². The van der Waals surface area contributed by atoms with Gasteiger partial charge in [-0.1, -0.05) is 18.2 Å². The number of hydrogen-bond acceptors (Lipinski definition) is 3. The second-order valence-corrected chi connectivity index (χ2v) is 2.76. The van der Waals surface area contributed by atoms with Gasteiger partial charge < -0.3 is 9.84 Å². The number of aliphatic carboxylic acids is 1. The Morgan fingerprint density at radius 3 is 2.29 bits per heavy atom. The summed E-state index contributed by atoms with van der Waals surface area (Å²) in [6.07, 6.45) is -1.42. The third-order valence-corrected chi connectivity index (χ3v) is 1.59. The van der Waals surface area contributed by atoms with Crippen molar-refractivity contribution in [1.29, 1.82) is 0 Å². The fourth-order valence-electron chi connectivity index (χ4n) is 0.942. The first-order valence-corrected chi connectivity index (χ1v) is 4.06. The number of rotatable bonds is 4. The van der Waals surface area contributed by atoms with Crippen molar-refractivity contribution in [3.05, 3.63) is 30.3 Å². The Hall–Kier alpha value is -1.84. The van der Waals surface area contributed by atoms with Crippen LogP contribution in [0.1, 0.15) is 6.92 Å². The van der Waals surface area contributed by atoms with Crippen molar-refractivity contribution in [3.63, 3.8) is 0 Å². The second-order valence-electron chi connectivity index (χ2n) is 2.76. The van der Waals surface area contributed by atoms with Crippen LogP contribution in [-0.4, -0.2) is 23.0 Å². The minimum absolute atomic E-state index is 0.370. The van der Waals surface area contributed by atoms with Crippen molar-refractivity contribution < 1.29 is 19.4 Å². The van der Waals surface area contributed by atoms with Gasteiger partial charge in [-0.05, 0) is 19.1 Å². The standard InChI is InChI=1S/C10H10O4/c1-7(11)9(10(12)13)14-8-5-3-2-4-6-8/h2-6,9H,1H3,(H,12,13). The Bertz CT molecular complexity index is 317. The molecule has 0 aliphatic carbocycles. The van der Waals surface area contributed by atoms with Crippen LogP contribution < -0.4 is 4.74 Å². The van der Waals surface area contributed by atoms with Gasteiger partial charge in [0.2, 0.25) is 0 Å². The molecule has 0 bridgehead atoms.